The first-order valence-corrected chi connectivity index (χ1v) is 12.3. The molecule has 34 heavy (non-hydrogen) atoms. The summed E-state index contributed by atoms with van der Waals surface area (Å²) in [5.74, 6) is 0.0665. The van der Waals surface area contributed by atoms with Crippen LogP contribution in [0.2, 0.25) is 0 Å². The van der Waals surface area contributed by atoms with E-state index in [2.05, 4.69) is 36.9 Å². The van der Waals surface area contributed by atoms with Crippen LogP contribution in [-0.4, -0.2) is 60.1 Å². The number of rotatable bonds is 6. The second-order valence-corrected chi connectivity index (χ2v) is 10.1. The normalized spacial score (nSPS) is 14.2. The summed E-state index contributed by atoms with van der Waals surface area (Å²) in [7, 11) is 0. The van der Waals surface area contributed by atoms with Gasteiger partial charge in [-0.2, -0.15) is 0 Å². The molecule has 6 heteroatoms. The van der Waals surface area contributed by atoms with Crippen molar-refractivity contribution in [3.63, 3.8) is 0 Å². The number of amides is 2. The Balaban J connectivity index is 1.73. The van der Waals surface area contributed by atoms with E-state index in [-0.39, 0.29) is 12.0 Å². The van der Waals surface area contributed by atoms with Gasteiger partial charge in [0.05, 0.1) is 0 Å². The van der Waals surface area contributed by atoms with Crippen LogP contribution in [0.15, 0.2) is 42.5 Å². The Morgan fingerprint density at radius 1 is 0.971 bits per heavy atom. The quantitative estimate of drug-likeness (QED) is 0.572. The lowest BCUT2D eigenvalue weighted by molar-refractivity contribution is 0.0240. The molecule has 2 aromatic rings. The van der Waals surface area contributed by atoms with Gasteiger partial charge in [-0.15, -0.1) is 0 Å². The monoisotopic (exact) mass is 465 g/mol. The lowest BCUT2D eigenvalue weighted by atomic mass is 10.0. The van der Waals surface area contributed by atoms with E-state index < -0.39 is 5.60 Å². The molecule has 1 aliphatic heterocycles. The van der Waals surface area contributed by atoms with E-state index in [4.69, 9.17) is 4.74 Å². The molecule has 3 rings (SSSR count). The zero-order valence-corrected chi connectivity index (χ0v) is 21.6. The maximum absolute atomic E-state index is 13.6. The van der Waals surface area contributed by atoms with Crippen molar-refractivity contribution >= 4 is 17.7 Å². The third-order valence-corrected chi connectivity index (χ3v) is 6.15. The van der Waals surface area contributed by atoms with Crippen molar-refractivity contribution in [1.82, 2.24) is 9.80 Å². The van der Waals surface area contributed by atoms with Crippen LogP contribution < -0.4 is 4.90 Å². The highest BCUT2D eigenvalue weighted by molar-refractivity contribution is 5.96. The molecule has 1 fully saturated rings. The molecule has 1 aliphatic rings. The lowest BCUT2D eigenvalue weighted by Crippen LogP contribution is -2.50. The summed E-state index contributed by atoms with van der Waals surface area (Å²) in [4.78, 5) is 32.0. The third kappa shape index (κ3) is 6.52. The molecule has 0 bridgehead atoms. The van der Waals surface area contributed by atoms with Gasteiger partial charge in [0.1, 0.15) is 5.60 Å². The van der Waals surface area contributed by atoms with E-state index in [1.165, 1.54) is 11.1 Å². The average Bonchev–Trinajstić information content (AvgIpc) is 2.79. The fourth-order valence-electron chi connectivity index (χ4n) is 4.20. The molecule has 0 saturated carbocycles. The van der Waals surface area contributed by atoms with Gasteiger partial charge in [-0.05, 0) is 69.9 Å². The van der Waals surface area contributed by atoms with Crippen LogP contribution in [0.3, 0.4) is 0 Å². The standard InChI is InChI=1S/C28H39N3O3/c1-7-14-31(20-23-11-9-8-10-21(23)2)26(32)25-19-24(13-12-22(25)3)29-15-17-30(18-16-29)27(33)34-28(4,5)6/h8-13,19H,7,14-18,20H2,1-6H3. The fourth-order valence-corrected chi connectivity index (χ4v) is 4.20. The number of ether oxygens (including phenoxy) is 1. The topological polar surface area (TPSA) is 53.1 Å². The average molecular weight is 466 g/mol. The van der Waals surface area contributed by atoms with E-state index in [0.29, 0.717) is 39.3 Å². The highest BCUT2D eigenvalue weighted by atomic mass is 16.6. The van der Waals surface area contributed by atoms with Crippen LogP contribution in [0.5, 0.6) is 0 Å². The van der Waals surface area contributed by atoms with Crippen molar-refractivity contribution in [2.75, 3.05) is 37.6 Å². The Hall–Kier alpha value is -3.02. The maximum Gasteiger partial charge on any atom is 0.410 e. The van der Waals surface area contributed by atoms with Crippen LogP contribution in [-0.2, 0) is 11.3 Å². The van der Waals surface area contributed by atoms with Gasteiger partial charge in [0.25, 0.3) is 5.91 Å². The predicted molar refractivity (Wildman–Crippen MR) is 137 cm³/mol. The number of hydrogen-bond acceptors (Lipinski definition) is 4. The van der Waals surface area contributed by atoms with Crippen molar-refractivity contribution < 1.29 is 14.3 Å². The van der Waals surface area contributed by atoms with Crippen molar-refractivity contribution in [3.05, 3.63) is 64.7 Å². The fraction of sp³-hybridized carbons (Fsp3) is 0.500. The summed E-state index contributed by atoms with van der Waals surface area (Å²) in [6.07, 6.45) is 0.640. The van der Waals surface area contributed by atoms with Crippen LogP contribution in [0.1, 0.15) is 61.2 Å². The second kappa shape index (κ2) is 10.9. The van der Waals surface area contributed by atoms with E-state index in [0.717, 1.165) is 23.2 Å². The molecule has 0 atom stereocenters. The van der Waals surface area contributed by atoms with Gasteiger partial charge < -0.3 is 19.4 Å². The molecule has 0 radical (unpaired) electrons. The molecular formula is C28H39N3O3. The number of piperazine rings is 1. The van der Waals surface area contributed by atoms with Crippen molar-refractivity contribution in [2.24, 2.45) is 0 Å². The first-order valence-electron chi connectivity index (χ1n) is 12.3. The van der Waals surface area contributed by atoms with Gasteiger partial charge in [0.2, 0.25) is 0 Å². The van der Waals surface area contributed by atoms with Crippen molar-refractivity contribution in [2.45, 2.75) is 60.1 Å². The Morgan fingerprint density at radius 3 is 2.26 bits per heavy atom. The summed E-state index contributed by atoms with van der Waals surface area (Å²) in [6, 6.07) is 14.4. The summed E-state index contributed by atoms with van der Waals surface area (Å²) < 4.78 is 5.51. The lowest BCUT2D eigenvalue weighted by Gasteiger charge is -2.37. The van der Waals surface area contributed by atoms with Crippen molar-refractivity contribution in [3.8, 4) is 0 Å². The van der Waals surface area contributed by atoms with Gasteiger partial charge in [-0.25, -0.2) is 4.79 Å². The number of aryl methyl sites for hydroxylation is 2. The Morgan fingerprint density at radius 2 is 1.65 bits per heavy atom. The van der Waals surface area contributed by atoms with Gasteiger partial charge in [0, 0.05) is 50.5 Å². The number of benzene rings is 2. The minimum Gasteiger partial charge on any atom is -0.444 e. The zero-order valence-electron chi connectivity index (χ0n) is 21.6. The highest BCUT2D eigenvalue weighted by Crippen LogP contribution is 2.24. The minimum atomic E-state index is -0.497. The largest absolute Gasteiger partial charge is 0.444 e. The van der Waals surface area contributed by atoms with Gasteiger partial charge in [0.15, 0.2) is 0 Å². The molecule has 1 heterocycles. The summed E-state index contributed by atoms with van der Waals surface area (Å²) in [5.41, 5.74) is 4.62. The summed E-state index contributed by atoms with van der Waals surface area (Å²) in [6.45, 7) is 15.8. The smallest absolute Gasteiger partial charge is 0.410 e. The predicted octanol–water partition coefficient (Wildman–Crippen LogP) is 5.41. The van der Waals surface area contributed by atoms with E-state index in [1.807, 2.05) is 56.9 Å². The Labute approximate surface area is 204 Å². The number of carbonyl (C=O) groups is 2. The van der Waals surface area contributed by atoms with E-state index >= 15 is 0 Å². The SMILES string of the molecule is CCCN(Cc1ccccc1C)C(=O)c1cc(N2CCN(C(=O)OC(C)(C)C)CC2)ccc1C. The van der Waals surface area contributed by atoms with Crippen LogP contribution >= 0.6 is 0 Å². The van der Waals surface area contributed by atoms with E-state index in [9.17, 15) is 9.59 Å². The Bertz CT molecular complexity index is 1000. The molecule has 184 valence electrons. The second-order valence-electron chi connectivity index (χ2n) is 10.1. The summed E-state index contributed by atoms with van der Waals surface area (Å²) >= 11 is 0. The molecule has 0 unspecified atom stereocenters. The van der Waals surface area contributed by atoms with Crippen LogP contribution in [0, 0.1) is 13.8 Å². The molecule has 2 amide bonds. The zero-order chi connectivity index (χ0) is 24.9. The molecular weight excluding hydrogens is 426 g/mol. The van der Waals surface area contributed by atoms with Crippen LogP contribution in [0.25, 0.3) is 0 Å². The third-order valence-electron chi connectivity index (χ3n) is 6.15. The van der Waals surface area contributed by atoms with Gasteiger partial charge in [-0.3, -0.25) is 4.79 Å². The number of hydrogen-bond donors (Lipinski definition) is 0. The molecule has 0 N–H and O–H groups in total. The van der Waals surface area contributed by atoms with Gasteiger partial charge in [-0.1, -0.05) is 37.3 Å². The molecule has 2 aromatic carbocycles. The van der Waals surface area contributed by atoms with Gasteiger partial charge >= 0.3 is 6.09 Å². The first kappa shape index (κ1) is 25.6. The number of nitrogens with zero attached hydrogens (tertiary/aromatic N) is 3. The molecule has 0 spiro atoms. The molecule has 1 saturated heterocycles. The maximum atomic E-state index is 13.6. The van der Waals surface area contributed by atoms with E-state index in [1.54, 1.807) is 4.90 Å². The first-order chi connectivity index (χ1) is 16.1. The minimum absolute atomic E-state index is 0.0665. The Kier molecular flexibility index (Phi) is 8.24. The van der Waals surface area contributed by atoms with Crippen molar-refractivity contribution in [1.29, 1.82) is 0 Å². The summed E-state index contributed by atoms with van der Waals surface area (Å²) in [5, 5.41) is 0. The highest BCUT2D eigenvalue weighted by Gasteiger charge is 2.27. The molecule has 6 nitrogen and oxygen atoms in total. The number of anilines is 1. The van der Waals surface area contributed by atoms with Crippen LogP contribution in [0.4, 0.5) is 10.5 Å². The molecule has 0 aliphatic carbocycles. The number of carbonyl (C=O) groups excluding carboxylic acids is 2. The molecule has 0 aromatic heterocycles.